The zero-order valence-corrected chi connectivity index (χ0v) is 9.85. The summed E-state index contributed by atoms with van der Waals surface area (Å²) < 4.78 is 0. The normalized spacial score (nSPS) is 21.8. The van der Waals surface area contributed by atoms with Crippen molar-refractivity contribution in [2.75, 3.05) is 13.1 Å². The van der Waals surface area contributed by atoms with Crippen molar-refractivity contribution in [1.82, 2.24) is 10.6 Å². The van der Waals surface area contributed by atoms with Crippen LogP contribution in [0, 0.1) is 22.2 Å². The van der Waals surface area contributed by atoms with Crippen molar-refractivity contribution in [3.8, 4) is 6.07 Å². The van der Waals surface area contributed by atoms with Crippen LogP contribution in [-0.4, -0.2) is 25.0 Å². The summed E-state index contributed by atoms with van der Waals surface area (Å²) in [6.07, 6.45) is 0. The zero-order valence-electron chi connectivity index (χ0n) is 9.85. The van der Waals surface area contributed by atoms with E-state index in [1.165, 1.54) is 0 Å². The Morgan fingerprint density at radius 3 is 2.27 bits per heavy atom. The fourth-order valence-electron chi connectivity index (χ4n) is 2.10. The number of nitrogens with zero attached hydrogens (tertiary/aromatic N) is 1. The molecule has 84 valence electrons. The van der Waals surface area contributed by atoms with Crippen LogP contribution >= 0.6 is 0 Å². The molecule has 0 saturated heterocycles. The summed E-state index contributed by atoms with van der Waals surface area (Å²) in [7, 11) is 0. The molecule has 0 bridgehead atoms. The van der Waals surface area contributed by atoms with E-state index in [2.05, 4.69) is 38.3 Å². The van der Waals surface area contributed by atoms with Crippen molar-refractivity contribution in [3.05, 3.63) is 0 Å². The van der Waals surface area contributed by atoms with Gasteiger partial charge in [0.05, 0.1) is 12.6 Å². The number of carbonyl (C=O) groups is 1. The van der Waals surface area contributed by atoms with E-state index in [9.17, 15) is 4.79 Å². The topological polar surface area (TPSA) is 64.9 Å². The molecule has 0 aromatic rings. The molecule has 2 N–H and O–H groups in total. The molecule has 15 heavy (non-hydrogen) atoms. The molecule has 1 amide bonds. The number of rotatable bonds is 4. The molecule has 0 aromatic carbocycles. The molecule has 1 saturated carbocycles. The first-order valence-corrected chi connectivity index (χ1v) is 5.21. The summed E-state index contributed by atoms with van der Waals surface area (Å²) in [5.74, 6) is -0.116. The second kappa shape index (κ2) is 3.82. The quantitative estimate of drug-likeness (QED) is 0.668. The van der Waals surface area contributed by atoms with Gasteiger partial charge in [0.25, 0.3) is 0 Å². The molecule has 1 fully saturated rings. The summed E-state index contributed by atoms with van der Waals surface area (Å²) >= 11 is 0. The van der Waals surface area contributed by atoms with Gasteiger partial charge in [-0.05, 0) is 10.8 Å². The van der Waals surface area contributed by atoms with Crippen molar-refractivity contribution in [1.29, 1.82) is 5.26 Å². The Bertz CT molecular complexity index is 287. The van der Waals surface area contributed by atoms with E-state index in [4.69, 9.17) is 5.26 Å². The maximum Gasteiger partial charge on any atom is 0.234 e. The molecule has 4 heteroatoms. The van der Waals surface area contributed by atoms with E-state index < -0.39 is 0 Å². The number of hydrogen-bond donors (Lipinski definition) is 2. The predicted octanol–water partition coefficient (Wildman–Crippen LogP) is 0.650. The van der Waals surface area contributed by atoms with E-state index in [1.807, 2.05) is 6.07 Å². The van der Waals surface area contributed by atoms with Crippen LogP contribution in [0.5, 0.6) is 0 Å². The second-order valence-corrected chi connectivity index (χ2v) is 5.19. The lowest BCUT2D eigenvalue weighted by Crippen LogP contribution is -2.36. The van der Waals surface area contributed by atoms with Gasteiger partial charge < -0.3 is 10.6 Å². The fourth-order valence-corrected chi connectivity index (χ4v) is 2.10. The maximum atomic E-state index is 11.2. The fraction of sp³-hybridized carbons (Fsp3) is 0.818. The van der Waals surface area contributed by atoms with E-state index in [0.717, 1.165) is 0 Å². The van der Waals surface area contributed by atoms with E-state index in [1.54, 1.807) is 0 Å². The molecular weight excluding hydrogens is 190 g/mol. The first kappa shape index (κ1) is 12.0. The van der Waals surface area contributed by atoms with Gasteiger partial charge >= 0.3 is 0 Å². The second-order valence-electron chi connectivity index (χ2n) is 5.19. The van der Waals surface area contributed by atoms with Crippen LogP contribution in [0.15, 0.2) is 0 Å². The number of carbonyl (C=O) groups excluding carboxylic acids is 1. The molecular formula is C11H19N3O. The smallest absolute Gasteiger partial charge is 0.234 e. The maximum absolute atomic E-state index is 11.2. The summed E-state index contributed by atoms with van der Waals surface area (Å²) in [5.41, 5.74) is 0.477. The third-order valence-electron chi connectivity index (χ3n) is 3.85. The van der Waals surface area contributed by atoms with Gasteiger partial charge in [0.1, 0.15) is 6.54 Å². The highest BCUT2D eigenvalue weighted by molar-refractivity contribution is 5.78. The van der Waals surface area contributed by atoms with Gasteiger partial charge in [0, 0.05) is 6.04 Å². The van der Waals surface area contributed by atoms with Crippen LogP contribution in [0.2, 0.25) is 0 Å². The Balaban J connectivity index is 2.29. The molecule has 1 aliphatic carbocycles. The van der Waals surface area contributed by atoms with Crippen molar-refractivity contribution >= 4 is 5.91 Å². The Morgan fingerprint density at radius 1 is 1.33 bits per heavy atom. The van der Waals surface area contributed by atoms with Crippen LogP contribution in [0.1, 0.15) is 27.7 Å². The first-order chi connectivity index (χ1) is 6.84. The van der Waals surface area contributed by atoms with E-state index in [-0.39, 0.29) is 23.3 Å². The largest absolute Gasteiger partial charge is 0.342 e. The van der Waals surface area contributed by atoms with Crippen molar-refractivity contribution in [2.45, 2.75) is 33.7 Å². The minimum atomic E-state index is -0.116. The first-order valence-electron chi connectivity index (χ1n) is 5.21. The predicted molar refractivity (Wildman–Crippen MR) is 58.0 cm³/mol. The summed E-state index contributed by atoms with van der Waals surface area (Å²) in [4.78, 5) is 11.2. The Labute approximate surface area is 91.0 Å². The van der Waals surface area contributed by atoms with Crippen molar-refractivity contribution < 1.29 is 4.79 Å². The third kappa shape index (κ3) is 2.13. The Hall–Kier alpha value is -1.08. The van der Waals surface area contributed by atoms with E-state index in [0.29, 0.717) is 12.6 Å². The number of nitrogens with one attached hydrogen (secondary N) is 2. The number of nitriles is 1. The zero-order chi connectivity index (χ0) is 11.7. The van der Waals surface area contributed by atoms with Gasteiger partial charge in [0.15, 0.2) is 0 Å². The minimum absolute atomic E-state index is 0.0813. The summed E-state index contributed by atoms with van der Waals surface area (Å²) in [6.45, 7) is 9.14. The van der Waals surface area contributed by atoms with Gasteiger partial charge in [-0.1, -0.05) is 27.7 Å². The molecule has 0 spiro atoms. The highest BCUT2D eigenvalue weighted by Crippen LogP contribution is 2.62. The highest BCUT2D eigenvalue weighted by atomic mass is 16.1. The molecule has 0 aromatic heterocycles. The molecule has 0 atom stereocenters. The van der Waals surface area contributed by atoms with Crippen LogP contribution in [-0.2, 0) is 4.79 Å². The van der Waals surface area contributed by atoms with E-state index >= 15 is 0 Å². The number of amides is 1. The average Bonchev–Trinajstić information content (AvgIpc) is 2.51. The lowest BCUT2D eigenvalue weighted by Gasteiger charge is -2.05. The molecule has 4 nitrogen and oxygen atoms in total. The molecule has 1 rings (SSSR count). The lowest BCUT2D eigenvalue weighted by molar-refractivity contribution is -0.120. The monoisotopic (exact) mass is 209 g/mol. The van der Waals surface area contributed by atoms with Gasteiger partial charge in [0.2, 0.25) is 5.91 Å². The third-order valence-corrected chi connectivity index (χ3v) is 3.85. The minimum Gasteiger partial charge on any atom is -0.342 e. The average molecular weight is 209 g/mol. The molecule has 0 aliphatic heterocycles. The number of hydrogen-bond acceptors (Lipinski definition) is 3. The molecule has 0 radical (unpaired) electrons. The van der Waals surface area contributed by atoms with Crippen molar-refractivity contribution in [3.63, 3.8) is 0 Å². The Kier molecular flexibility index (Phi) is 3.05. The van der Waals surface area contributed by atoms with Crippen LogP contribution in [0.25, 0.3) is 0 Å². The molecule has 0 heterocycles. The standard InChI is InChI=1S/C11H19N3O/c1-10(2)9(11(10,3)4)14-7-8(15)13-6-5-12/h9,14H,6-7H2,1-4H3,(H,13,15). The van der Waals surface area contributed by atoms with Crippen LogP contribution in [0.4, 0.5) is 0 Å². The van der Waals surface area contributed by atoms with Crippen LogP contribution in [0.3, 0.4) is 0 Å². The summed E-state index contributed by atoms with van der Waals surface area (Å²) in [5, 5.41) is 14.0. The SMILES string of the molecule is CC1(C)C(NCC(=O)NCC#N)C1(C)C. The van der Waals surface area contributed by atoms with Gasteiger partial charge in [-0.2, -0.15) is 5.26 Å². The summed E-state index contributed by atoms with van der Waals surface area (Å²) in [6, 6.07) is 2.25. The lowest BCUT2D eigenvalue weighted by atomic mass is 10.0. The Morgan fingerprint density at radius 2 is 1.87 bits per heavy atom. The molecule has 1 aliphatic rings. The van der Waals surface area contributed by atoms with Crippen LogP contribution < -0.4 is 10.6 Å². The van der Waals surface area contributed by atoms with Gasteiger partial charge in [-0.15, -0.1) is 0 Å². The van der Waals surface area contributed by atoms with Crippen molar-refractivity contribution in [2.24, 2.45) is 10.8 Å². The van der Waals surface area contributed by atoms with Gasteiger partial charge in [-0.3, -0.25) is 4.79 Å². The van der Waals surface area contributed by atoms with Gasteiger partial charge in [-0.25, -0.2) is 0 Å². The molecule has 0 unspecified atom stereocenters. The highest BCUT2D eigenvalue weighted by Gasteiger charge is 2.64.